The largest absolute Gasteiger partial charge is 0.217 e. The zero-order valence-corrected chi connectivity index (χ0v) is 10.5. The number of aromatic nitrogens is 4. The van der Waals surface area contributed by atoms with Crippen molar-refractivity contribution in [2.75, 3.05) is 0 Å². The van der Waals surface area contributed by atoms with Crippen LogP contribution in [0.3, 0.4) is 0 Å². The standard InChI is InChI=1S/C8H8Cl2N4S/c1-4-11-5(2)14(13-4)8-12-7(10)6(3-9)15-8/h3H2,1-2H3. The van der Waals surface area contributed by atoms with Gasteiger partial charge in [0.2, 0.25) is 5.13 Å². The van der Waals surface area contributed by atoms with E-state index in [9.17, 15) is 0 Å². The monoisotopic (exact) mass is 262 g/mol. The van der Waals surface area contributed by atoms with Crippen LogP contribution in [0.4, 0.5) is 0 Å². The van der Waals surface area contributed by atoms with Gasteiger partial charge in [-0.3, -0.25) is 0 Å². The van der Waals surface area contributed by atoms with Crippen LogP contribution in [-0.2, 0) is 5.88 Å². The second kappa shape index (κ2) is 4.08. The third-order valence-corrected chi connectivity index (χ3v) is 3.70. The Balaban J connectivity index is 2.49. The highest BCUT2D eigenvalue weighted by molar-refractivity contribution is 7.14. The summed E-state index contributed by atoms with van der Waals surface area (Å²) in [5.41, 5.74) is 0. The third kappa shape index (κ3) is 2.00. The predicted octanol–water partition coefficient (Wildman–Crippen LogP) is 2.73. The molecule has 0 unspecified atom stereocenters. The smallest absolute Gasteiger partial charge is 0.213 e. The molecule has 0 amide bonds. The van der Waals surface area contributed by atoms with Crippen LogP contribution in [0.2, 0.25) is 5.15 Å². The number of hydrogen-bond donors (Lipinski definition) is 0. The van der Waals surface area contributed by atoms with E-state index in [-0.39, 0.29) is 0 Å². The lowest BCUT2D eigenvalue weighted by molar-refractivity contribution is 0.823. The molecular formula is C8H8Cl2N4S. The Hall–Kier alpha value is -0.650. The fourth-order valence-electron chi connectivity index (χ4n) is 1.20. The minimum atomic E-state index is 0.364. The highest BCUT2D eigenvalue weighted by atomic mass is 35.5. The summed E-state index contributed by atoms with van der Waals surface area (Å²) in [4.78, 5) is 9.23. The summed E-state index contributed by atoms with van der Waals surface area (Å²) in [6.45, 7) is 3.71. The van der Waals surface area contributed by atoms with Gasteiger partial charge in [0.1, 0.15) is 16.8 Å². The van der Waals surface area contributed by atoms with E-state index in [1.165, 1.54) is 11.3 Å². The molecule has 2 rings (SSSR count). The van der Waals surface area contributed by atoms with Crippen LogP contribution in [0.15, 0.2) is 0 Å². The minimum absolute atomic E-state index is 0.364. The Morgan fingerprint density at radius 3 is 2.53 bits per heavy atom. The molecule has 0 fully saturated rings. The lowest BCUT2D eigenvalue weighted by Gasteiger charge is -1.94. The van der Waals surface area contributed by atoms with Crippen LogP contribution in [0.1, 0.15) is 16.5 Å². The average Bonchev–Trinajstić information content (AvgIpc) is 2.69. The summed E-state index contributed by atoms with van der Waals surface area (Å²) in [7, 11) is 0. The average molecular weight is 263 g/mol. The van der Waals surface area contributed by atoms with Gasteiger partial charge in [0, 0.05) is 0 Å². The van der Waals surface area contributed by atoms with Gasteiger partial charge < -0.3 is 0 Å². The van der Waals surface area contributed by atoms with Crippen LogP contribution in [0, 0.1) is 13.8 Å². The molecule has 0 aliphatic carbocycles. The quantitative estimate of drug-likeness (QED) is 0.782. The zero-order valence-electron chi connectivity index (χ0n) is 8.16. The van der Waals surface area contributed by atoms with Crippen molar-refractivity contribution in [3.8, 4) is 5.13 Å². The van der Waals surface area contributed by atoms with Gasteiger partial charge in [-0.1, -0.05) is 22.9 Å². The first-order valence-corrected chi connectivity index (χ1v) is 5.96. The van der Waals surface area contributed by atoms with Gasteiger partial charge in [-0.15, -0.1) is 16.7 Å². The van der Waals surface area contributed by atoms with Gasteiger partial charge in [-0.2, -0.15) is 4.68 Å². The van der Waals surface area contributed by atoms with E-state index in [2.05, 4.69) is 15.1 Å². The second-order valence-electron chi connectivity index (χ2n) is 2.96. The van der Waals surface area contributed by atoms with Gasteiger partial charge in [-0.05, 0) is 13.8 Å². The molecular weight excluding hydrogens is 255 g/mol. The molecule has 2 aromatic heterocycles. The predicted molar refractivity (Wildman–Crippen MR) is 61.1 cm³/mol. The SMILES string of the molecule is Cc1nc(C)n(-c2nc(Cl)c(CCl)s2)n1. The molecule has 80 valence electrons. The Morgan fingerprint density at radius 2 is 2.07 bits per heavy atom. The molecule has 0 aliphatic rings. The first-order chi connectivity index (χ1) is 7.11. The van der Waals surface area contributed by atoms with Crippen LogP contribution >= 0.6 is 34.5 Å². The highest BCUT2D eigenvalue weighted by Crippen LogP contribution is 2.27. The van der Waals surface area contributed by atoms with Crippen molar-refractivity contribution in [3.05, 3.63) is 21.7 Å². The normalized spacial score (nSPS) is 10.9. The van der Waals surface area contributed by atoms with Crippen LogP contribution in [-0.4, -0.2) is 19.7 Å². The van der Waals surface area contributed by atoms with Crippen LogP contribution < -0.4 is 0 Å². The minimum Gasteiger partial charge on any atom is -0.217 e. The van der Waals surface area contributed by atoms with Gasteiger partial charge in [0.15, 0.2) is 0 Å². The van der Waals surface area contributed by atoms with Crippen molar-refractivity contribution in [2.24, 2.45) is 0 Å². The molecule has 2 aromatic rings. The molecule has 15 heavy (non-hydrogen) atoms. The maximum atomic E-state index is 5.91. The molecule has 0 saturated heterocycles. The van der Waals surface area contributed by atoms with Crippen molar-refractivity contribution in [3.63, 3.8) is 0 Å². The molecule has 4 nitrogen and oxygen atoms in total. The molecule has 2 heterocycles. The summed E-state index contributed by atoms with van der Waals surface area (Å²) >= 11 is 13.1. The van der Waals surface area contributed by atoms with Gasteiger partial charge in [0.05, 0.1) is 10.8 Å². The first kappa shape index (κ1) is 10.9. The van der Waals surface area contributed by atoms with Crippen LogP contribution in [0.25, 0.3) is 5.13 Å². The van der Waals surface area contributed by atoms with E-state index in [0.717, 1.165) is 10.7 Å². The summed E-state index contributed by atoms with van der Waals surface area (Å²) in [6, 6.07) is 0. The number of thiazole rings is 1. The Labute approximate surface area is 101 Å². The van der Waals surface area contributed by atoms with E-state index < -0.39 is 0 Å². The fourth-order valence-corrected chi connectivity index (χ4v) is 2.67. The van der Waals surface area contributed by atoms with Crippen molar-refractivity contribution in [1.82, 2.24) is 19.7 Å². The number of rotatable bonds is 2. The topological polar surface area (TPSA) is 43.6 Å². The fraction of sp³-hybridized carbons (Fsp3) is 0.375. The Bertz CT molecular complexity index is 491. The first-order valence-electron chi connectivity index (χ1n) is 4.23. The van der Waals surface area contributed by atoms with E-state index in [0.29, 0.717) is 22.0 Å². The Morgan fingerprint density at radius 1 is 1.33 bits per heavy atom. The zero-order chi connectivity index (χ0) is 11.0. The van der Waals surface area contributed by atoms with Crippen LogP contribution in [0.5, 0.6) is 0 Å². The van der Waals surface area contributed by atoms with E-state index >= 15 is 0 Å². The number of hydrogen-bond acceptors (Lipinski definition) is 4. The summed E-state index contributed by atoms with van der Waals surface area (Å²) in [6.07, 6.45) is 0. The second-order valence-corrected chi connectivity index (χ2v) is 4.65. The van der Waals surface area contributed by atoms with E-state index in [1.54, 1.807) is 4.68 Å². The molecule has 0 saturated carbocycles. The number of nitrogens with zero attached hydrogens (tertiary/aromatic N) is 4. The highest BCUT2D eigenvalue weighted by Gasteiger charge is 2.13. The lowest BCUT2D eigenvalue weighted by Crippen LogP contribution is -1.98. The number of halogens is 2. The molecule has 0 aromatic carbocycles. The van der Waals surface area contributed by atoms with E-state index in [4.69, 9.17) is 23.2 Å². The summed E-state index contributed by atoms with van der Waals surface area (Å²) < 4.78 is 1.67. The molecule has 0 atom stereocenters. The van der Waals surface area contributed by atoms with E-state index in [1.807, 2.05) is 13.8 Å². The summed E-state index contributed by atoms with van der Waals surface area (Å²) in [5.74, 6) is 1.87. The Kier molecular flexibility index (Phi) is 2.95. The lowest BCUT2D eigenvalue weighted by atomic mass is 10.6. The number of aryl methyl sites for hydroxylation is 2. The van der Waals surface area contributed by atoms with Crippen molar-refractivity contribution >= 4 is 34.5 Å². The third-order valence-electron chi connectivity index (χ3n) is 1.82. The maximum absolute atomic E-state index is 5.91. The summed E-state index contributed by atoms with van der Waals surface area (Å²) in [5, 5.41) is 5.37. The van der Waals surface area contributed by atoms with Crippen molar-refractivity contribution < 1.29 is 0 Å². The molecule has 7 heteroatoms. The maximum Gasteiger partial charge on any atom is 0.213 e. The molecule has 0 bridgehead atoms. The van der Waals surface area contributed by atoms with Gasteiger partial charge >= 0.3 is 0 Å². The van der Waals surface area contributed by atoms with Crippen molar-refractivity contribution in [1.29, 1.82) is 0 Å². The molecule has 0 aliphatic heterocycles. The van der Waals surface area contributed by atoms with Gasteiger partial charge in [-0.25, -0.2) is 9.97 Å². The molecule has 0 spiro atoms. The number of alkyl halides is 1. The van der Waals surface area contributed by atoms with Crippen molar-refractivity contribution in [2.45, 2.75) is 19.7 Å². The van der Waals surface area contributed by atoms with Gasteiger partial charge in [0.25, 0.3) is 0 Å². The molecule has 0 N–H and O–H groups in total. The molecule has 0 radical (unpaired) electrons.